The van der Waals surface area contributed by atoms with Crippen molar-refractivity contribution in [2.45, 2.75) is 50.0 Å². The number of halogens is 1. The number of nitrogens with one attached hydrogen (secondary N) is 1. The van der Waals surface area contributed by atoms with Gasteiger partial charge in [-0.25, -0.2) is 4.39 Å². The Bertz CT molecular complexity index is 814. The normalized spacial score (nSPS) is 20.3. The van der Waals surface area contributed by atoms with Crippen LogP contribution < -0.4 is 10.1 Å². The zero-order valence-electron chi connectivity index (χ0n) is 18.4. The van der Waals surface area contributed by atoms with E-state index in [0.717, 1.165) is 69.7 Å². The molecule has 4 nitrogen and oxygen atoms in total. The third kappa shape index (κ3) is 6.06. The van der Waals surface area contributed by atoms with Crippen molar-refractivity contribution in [2.75, 3.05) is 39.3 Å². The van der Waals surface area contributed by atoms with Crippen molar-refractivity contribution < 1.29 is 14.2 Å². The van der Waals surface area contributed by atoms with Crippen LogP contribution in [0.1, 0.15) is 49.1 Å². The molecule has 2 N–H and O–H groups in total. The molecule has 2 aromatic rings. The Hall–Kier alpha value is -1.95. The zero-order chi connectivity index (χ0) is 21.5. The van der Waals surface area contributed by atoms with Gasteiger partial charge in [-0.15, -0.1) is 0 Å². The second-order valence-electron chi connectivity index (χ2n) is 9.06. The van der Waals surface area contributed by atoms with Crippen molar-refractivity contribution in [3.8, 4) is 5.75 Å². The summed E-state index contributed by atoms with van der Waals surface area (Å²) in [5.74, 6) is 0.724. The number of benzene rings is 2. The van der Waals surface area contributed by atoms with E-state index in [0.29, 0.717) is 13.0 Å². The highest BCUT2D eigenvalue weighted by Gasteiger charge is 2.39. The van der Waals surface area contributed by atoms with E-state index in [1.165, 1.54) is 18.1 Å². The monoisotopic (exact) mass is 426 g/mol. The average Bonchev–Trinajstić information content (AvgIpc) is 2.79. The van der Waals surface area contributed by atoms with Gasteiger partial charge in [-0.2, -0.15) is 0 Å². The molecule has 5 heteroatoms. The molecule has 168 valence electrons. The fourth-order valence-electron chi connectivity index (χ4n) is 5.03. The smallest absolute Gasteiger partial charge is 0.123 e. The van der Waals surface area contributed by atoms with Crippen molar-refractivity contribution in [3.05, 3.63) is 65.5 Å². The van der Waals surface area contributed by atoms with Gasteiger partial charge in [-0.3, -0.25) is 0 Å². The van der Waals surface area contributed by atoms with Crippen molar-refractivity contribution in [1.29, 1.82) is 0 Å². The molecule has 0 radical (unpaired) electrons. The molecule has 1 unspecified atom stereocenters. The minimum Gasteiger partial charge on any atom is -0.493 e. The molecule has 2 aromatic carbocycles. The highest BCUT2D eigenvalue weighted by Crippen LogP contribution is 2.41. The van der Waals surface area contributed by atoms with Gasteiger partial charge in [0, 0.05) is 45.1 Å². The Balaban J connectivity index is 1.41. The van der Waals surface area contributed by atoms with Crippen LogP contribution in [-0.4, -0.2) is 54.9 Å². The number of hydrogen-bond donors (Lipinski definition) is 2. The van der Waals surface area contributed by atoms with Crippen LogP contribution in [0.25, 0.3) is 0 Å². The first-order valence-electron chi connectivity index (χ1n) is 11.8. The first-order valence-corrected chi connectivity index (χ1v) is 11.8. The summed E-state index contributed by atoms with van der Waals surface area (Å²) in [5.41, 5.74) is 1.51. The van der Waals surface area contributed by atoms with Crippen molar-refractivity contribution in [3.63, 3.8) is 0 Å². The zero-order valence-corrected chi connectivity index (χ0v) is 18.4. The van der Waals surface area contributed by atoms with Crippen molar-refractivity contribution in [2.24, 2.45) is 0 Å². The minimum absolute atomic E-state index is 0.118. The third-order valence-corrected chi connectivity index (χ3v) is 6.85. The molecule has 1 saturated heterocycles. The van der Waals surface area contributed by atoms with Gasteiger partial charge in [0.15, 0.2) is 0 Å². The van der Waals surface area contributed by atoms with E-state index in [1.807, 2.05) is 18.2 Å². The van der Waals surface area contributed by atoms with Crippen LogP contribution in [0.2, 0.25) is 0 Å². The van der Waals surface area contributed by atoms with E-state index in [4.69, 9.17) is 4.74 Å². The van der Waals surface area contributed by atoms with E-state index in [-0.39, 0.29) is 11.7 Å². The van der Waals surface area contributed by atoms with Gasteiger partial charge in [-0.05, 0) is 48.2 Å². The molecule has 0 spiro atoms. The molecule has 1 saturated carbocycles. The van der Waals surface area contributed by atoms with Gasteiger partial charge >= 0.3 is 0 Å². The van der Waals surface area contributed by atoms with Crippen LogP contribution >= 0.6 is 0 Å². The molecule has 2 aliphatic rings. The lowest BCUT2D eigenvalue weighted by Crippen LogP contribution is -2.49. The molecule has 1 aliphatic heterocycles. The second-order valence-corrected chi connectivity index (χ2v) is 9.06. The Kier molecular flexibility index (Phi) is 7.59. The quantitative estimate of drug-likeness (QED) is 0.666. The van der Waals surface area contributed by atoms with E-state index in [9.17, 15) is 9.50 Å². The molecular formula is C26H35FN2O2. The predicted molar refractivity (Wildman–Crippen MR) is 122 cm³/mol. The highest BCUT2D eigenvalue weighted by atomic mass is 19.1. The maximum absolute atomic E-state index is 13.3. The van der Waals surface area contributed by atoms with E-state index in [1.54, 1.807) is 12.1 Å². The van der Waals surface area contributed by atoms with Crippen molar-refractivity contribution in [1.82, 2.24) is 10.2 Å². The maximum atomic E-state index is 13.3. The molecule has 4 rings (SSSR count). The number of piperazine rings is 1. The summed E-state index contributed by atoms with van der Waals surface area (Å²) >= 11 is 0. The van der Waals surface area contributed by atoms with Gasteiger partial charge in [-0.1, -0.05) is 43.5 Å². The van der Waals surface area contributed by atoms with Gasteiger partial charge in [0.05, 0.1) is 12.2 Å². The lowest BCUT2D eigenvalue weighted by molar-refractivity contribution is -0.0316. The van der Waals surface area contributed by atoms with Gasteiger partial charge in [0.2, 0.25) is 0 Å². The second kappa shape index (κ2) is 10.6. The standard InChI is InChI=1S/C26H35FN2O2/c27-23-6-4-5-21(19-23)11-18-31-24-9-7-22(8-10-24)25(20-29-16-14-28-15-17-29)26(30)12-2-1-3-13-26/h4-10,19,25,28,30H,1-3,11-18,20H2. The molecule has 0 aromatic heterocycles. The Morgan fingerprint density at radius 1 is 1.03 bits per heavy atom. The van der Waals surface area contributed by atoms with Crippen molar-refractivity contribution >= 4 is 0 Å². The van der Waals surface area contributed by atoms with E-state index >= 15 is 0 Å². The summed E-state index contributed by atoms with van der Waals surface area (Å²) in [6.07, 6.45) is 5.88. The Morgan fingerprint density at radius 2 is 1.77 bits per heavy atom. The fourth-order valence-corrected chi connectivity index (χ4v) is 5.03. The minimum atomic E-state index is -0.622. The Morgan fingerprint density at radius 3 is 2.48 bits per heavy atom. The van der Waals surface area contributed by atoms with E-state index in [2.05, 4.69) is 22.3 Å². The largest absolute Gasteiger partial charge is 0.493 e. The lowest BCUT2D eigenvalue weighted by Gasteiger charge is -2.42. The Labute approximate surface area is 185 Å². The summed E-state index contributed by atoms with van der Waals surface area (Å²) in [6, 6.07) is 14.9. The first kappa shape index (κ1) is 22.3. The molecule has 2 fully saturated rings. The molecule has 0 amide bonds. The van der Waals surface area contributed by atoms with Gasteiger partial charge < -0.3 is 20.1 Å². The summed E-state index contributed by atoms with van der Waals surface area (Å²) < 4.78 is 19.2. The number of nitrogens with zero attached hydrogens (tertiary/aromatic N) is 1. The van der Waals surface area contributed by atoms with Crippen LogP contribution in [0.5, 0.6) is 5.75 Å². The summed E-state index contributed by atoms with van der Waals surface area (Å²) in [4.78, 5) is 2.48. The van der Waals surface area contributed by atoms with Crippen LogP contribution in [0, 0.1) is 5.82 Å². The first-order chi connectivity index (χ1) is 15.1. The number of rotatable bonds is 8. The predicted octanol–water partition coefficient (Wildman–Crippen LogP) is 4.13. The summed E-state index contributed by atoms with van der Waals surface area (Å²) in [7, 11) is 0. The van der Waals surface area contributed by atoms with Crippen LogP contribution in [-0.2, 0) is 6.42 Å². The number of ether oxygens (including phenoxy) is 1. The summed E-state index contributed by atoms with van der Waals surface area (Å²) in [5, 5.41) is 15.0. The van der Waals surface area contributed by atoms with E-state index < -0.39 is 5.60 Å². The van der Waals surface area contributed by atoms with Gasteiger partial charge in [0.25, 0.3) is 0 Å². The average molecular weight is 427 g/mol. The maximum Gasteiger partial charge on any atom is 0.123 e. The van der Waals surface area contributed by atoms with Crippen LogP contribution in [0.15, 0.2) is 48.5 Å². The number of aliphatic hydroxyl groups is 1. The number of hydrogen-bond acceptors (Lipinski definition) is 4. The molecule has 1 atom stereocenters. The van der Waals surface area contributed by atoms with Crippen LogP contribution in [0.3, 0.4) is 0 Å². The molecule has 1 aliphatic carbocycles. The topological polar surface area (TPSA) is 44.7 Å². The molecule has 31 heavy (non-hydrogen) atoms. The molecule has 1 heterocycles. The summed E-state index contributed by atoms with van der Waals surface area (Å²) in [6.45, 7) is 5.52. The SMILES string of the molecule is OC1(C(CN2CCNCC2)c2ccc(OCCc3cccc(F)c3)cc2)CCCCC1. The molecular weight excluding hydrogens is 391 g/mol. The highest BCUT2D eigenvalue weighted by molar-refractivity contribution is 5.32. The molecule has 0 bridgehead atoms. The third-order valence-electron chi connectivity index (χ3n) is 6.85. The van der Waals surface area contributed by atoms with Gasteiger partial charge in [0.1, 0.15) is 11.6 Å². The fraction of sp³-hybridized carbons (Fsp3) is 0.538. The lowest BCUT2D eigenvalue weighted by atomic mass is 9.72. The van der Waals surface area contributed by atoms with Crippen LogP contribution in [0.4, 0.5) is 4.39 Å².